The molecule has 1 fully saturated rings. The molecule has 0 amide bonds. The van der Waals surface area contributed by atoms with Crippen LogP contribution in [0.2, 0.25) is 0 Å². The van der Waals surface area contributed by atoms with Crippen LogP contribution in [0.5, 0.6) is 0 Å². The number of hydrogen-bond donors (Lipinski definition) is 0. The lowest BCUT2D eigenvalue weighted by Crippen LogP contribution is -2.29. The van der Waals surface area contributed by atoms with Crippen molar-refractivity contribution in [3.63, 3.8) is 0 Å². The van der Waals surface area contributed by atoms with E-state index in [4.69, 9.17) is 4.74 Å². The molecule has 2 atom stereocenters. The van der Waals surface area contributed by atoms with Crippen molar-refractivity contribution in [3.8, 4) is 0 Å². The third kappa shape index (κ3) is 4.67. The molecule has 2 heteroatoms. The van der Waals surface area contributed by atoms with Crippen LogP contribution in [0.1, 0.15) is 68.3 Å². The second kappa shape index (κ2) is 8.33. The summed E-state index contributed by atoms with van der Waals surface area (Å²) in [6, 6.07) is 8.00. The van der Waals surface area contributed by atoms with Gasteiger partial charge in [0.25, 0.3) is 0 Å². The van der Waals surface area contributed by atoms with Gasteiger partial charge in [0, 0.05) is 5.56 Å². The minimum atomic E-state index is 0.110. The second-order valence-corrected chi connectivity index (χ2v) is 6.17. The largest absolute Gasteiger partial charge is 0.370 e. The van der Waals surface area contributed by atoms with Crippen molar-refractivity contribution in [3.05, 3.63) is 35.4 Å². The number of aryl methyl sites for hydroxylation is 1. The number of hydrogen-bond acceptors (Lipinski definition) is 2. The van der Waals surface area contributed by atoms with Gasteiger partial charge in [-0.3, -0.25) is 4.79 Å². The lowest BCUT2D eigenvalue weighted by molar-refractivity contribution is -0.00570. The van der Waals surface area contributed by atoms with Gasteiger partial charge in [0.1, 0.15) is 6.61 Å². The lowest BCUT2D eigenvalue weighted by Gasteiger charge is -2.30. The van der Waals surface area contributed by atoms with E-state index >= 15 is 0 Å². The molecular formula is C19H28O2. The second-order valence-electron chi connectivity index (χ2n) is 6.17. The lowest BCUT2D eigenvalue weighted by atomic mass is 9.85. The van der Waals surface area contributed by atoms with Crippen LogP contribution in [0.15, 0.2) is 24.3 Å². The van der Waals surface area contributed by atoms with Gasteiger partial charge in [0.2, 0.25) is 0 Å². The number of ether oxygens (including phenoxy) is 1. The molecule has 0 heterocycles. The summed E-state index contributed by atoms with van der Waals surface area (Å²) in [6.07, 6.45) is 8.56. The van der Waals surface area contributed by atoms with Crippen molar-refractivity contribution >= 4 is 5.78 Å². The van der Waals surface area contributed by atoms with Gasteiger partial charge in [0.05, 0.1) is 6.10 Å². The summed E-state index contributed by atoms with van der Waals surface area (Å²) in [5, 5.41) is 0. The van der Waals surface area contributed by atoms with E-state index in [9.17, 15) is 4.79 Å². The summed E-state index contributed by atoms with van der Waals surface area (Å²) < 4.78 is 5.93. The van der Waals surface area contributed by atoms with E-state index in [2.05, 4.69) is 26.0 Å². The zero-order valence-corrected chi connectivity index (χ0v) is 13.4. The van der Waals surface area contributed by atoms with Gasteiger partial charge in [-0.1, -0.05) is 63.8 Å². The van der Waals surface area contributed by atoms with Gasteiger partial charge in [0.15, 0.2) is 5.78 Å². The highest BCUT2D eigenvalue weighted by atomic mass is 16.5. The molecule has 1 aliphatic carbocycles. The average molecular weight is 288 g/mol. The first-order valence-electron chi connectivity index (χ1n) is 8.48. The zero-order valence-electron chi connectivity index (χ0n) is 13.4. The van der Waals surface area contributed by atoms with E-state index in [1.54, 1.807) is 0 Å². The molecule has 116 valence electrons. The van der Waals surface area contributed by atoms with Crippen LogP contribution in [-0.4, -0.2) is 18.5 Å². The molecule has 21 heavy (non-hydrogen) atoms. The van der Waals surface area contributed by atoms with Crippen molar-refractivity contribution in [1.29, 1.82) is 0 Å². The number of rotatable bonds is 7. The first-order chi connectivity index (χ1) is 10.2. The number of benzene rings is 1. The van der Waals surface area contributed by atoms with Crippen LogP contribution in [-0.2, 0) is 11.2 Å². The van der Waals surface area contributed by atoms with Crippen LogP contribution in [0.4, 0.5) is 0 Å². The van der Waals surface area contributed by atoms with Crippen molar-refractivity contribution in [2.45, 2.75) is 64.9 Å². The maximum absolute atomic E-state index is 12.2. The molecule has 1 aliphatic rings. The Balaban J connectivity index is 1.85. The van der Waals surface area contributed by atoms with Crippen molar-refractivity contribution in [2.24, 2.45) is 5.92 Å². The predicted molar refractivity (Wildman–Crippen MR) is 86.8 cm³/mol. The Labute approximate surface area is 128 Å². The summed E-state index contributed by atoms with van der Waals surface area (Å²) in [5.74, 6) is 0.747. The maximum Gasteiger partial charge on any atom is 0.188 e. The predicted octanol–water partition coefficient (Wildman–Crippen LogP) is 4.81. The molecule has 1 aromatic carbocycles. The molecule has 2 rings (SSSR count). The third-order valence-electron chi connectivity index (χ3n) is 4.61. The molecule has 2 unspecified atom stereocenters. The van der Waals surface area contributed by atoms with Gasteiger partial charge in [-0.05, 0) is 30.7 Å². The summed E-state index contributed by atoms with van der Waals surface area (Å²) in [7, 11) is 0. The minimum absolute atomic E-state index is 0.110. The Morgan fingerprint density at radius 1 is 1.14 bits per heavy atom. The molecule has 0 saturated heterocycles. The number of carbonyl (C=O) groups is 1. The topological polar surface area (TPSA) is 26.3 Å². The monoisotopic (exact) mass is 288 g/mol. The molecular weight excluding hydrogens is 260 g/mol. The first kappa shape index (κ1) is 16.2. The Kier molecular flexibility index (Phi) is 6.44. The van der Waals surface area contributed by atoms with Crippen LogP contribution in [0.3, 0.4) is 0 Å². The molecule has 0 bridgehead atoms. The van der Waals surface area contributed by atoms with Crippen molar-refractivity contribution in [1.82, 2.24) is 0 Å². The Morgan fingerprint density at radius 3 is 2.52 bits per heavy atom. The fourth-order valence-electron chi connectivity index (χ4n) is 3.27. The van der Waals surface area contributed by atoms with E-state index in [1.807, 2.05) is 12.1 Å². The van der Waals surface area contributed by atoms with Crippen molar-refractivity contribution < 1.29 is 9.53 Å². The Morgan fingerprint density at radius 2 is 1.86 bits per heavy atom. The summed E-state index contributed by atoms with van der Waals surface area (Å²) >= 11 is 0. The van der Waals surface area contributed by atoms with Crippen LogP contribution in [0.25, 0.3) is 0 Å². The van der Waals surface area contributed by atoms with E-state index in [-0.39, 0.29) is 18.5 Å². The Hall–Kier alpha value is -1.15. The average Bonchev–Trinajstić information content (AvgIpc) is 2.54. The highest BCUT2D eigenvalue weighted by molar-refractivity contribution is 5.97. The zero-order chi connectivity index (χ0) is 15.1. The molecule has 1 aromatic rings. The molecule has 0 radical (unpaired) electrons. The van der Waals surface area contributed by atoms with E-state index in [0.717, 1.165) is 31.2 Å². The summed E-state index contributed by atoms with van der Waals surface area (Å²) in [6.45, 7) is 4.62. The SMILES string of the molecule is CCCc1ccc(C(=O)COC2CCCCC2CC)cc1. The molecule has 0 spiro atoms. The van der Waals surface area contributed by atoms with E-state index in [1.165, 1.54) is 24.8 Å². The molecule has 0 aliphatic heterocycles. The Bertz CT molecular complexity index is 435. The van der Waals surface area contributed by atoms with Gasteiger partial charge in [-0.2, -0.15) is 0 Å². The van der Waals surface area contributed by atoms with Gasteiger partial charge in [-0.25, -0.2) is 0 Å². The highest BCUT2D eigenvalue weighted by Gasteiger charge is 2.24. The minimum Gasteiger partial charge on any atom is -0.370 e. The fourth-order valence-corrected chi connectivity index (χ4v) is 3.27. The summed E-state index contributed by atoms with van der Waals surface area (Å²) in [4.78, 5) is 12.2. The molecule has 2 nitrogen and oxygen atoms in total. The van der Waals surface area contributed by atoms with Gasteiger partial charge in [-0.15, -0.1) is 0 Å². The van der Waals surface area contributed by atoms with Crippen molar-refractivity contribution in [2.75, 3.05) is 6.61 Å². The maximum atomic E-state index is 12.2. The summed E-state index contributed by atoms with van der Waals surface area (Å²) in [5.41, 5.74) is 2.08. The normalized spacial score (nSPS) is 22.2. The quantitative estimate of drug-likeness (QED) is 0.673. The number of Topliss-reactive ketones (excluding diaryl/α,β-unsaturated/α-hetero) is 1. The van der Waals surface area contributed by atoms with E-state index in [0.29, 0.717) is 5.92 Å². The first-order valence-corrected chi connectivity index (χ1v) is 8.48. The number of carbonyl (C=O) groups excluding carboxylic acids is 1. The molecule has 1 saturated carbocycles. The molecule has 0 aromatic heterocycles. The molecule has 0 N–H and O–H groups in total. The number of ketones is 1. The van der Waals surface area contributed by atoms with Gasteiger partial charge >= 0.3 is 0 Å². The van der Waals surface area contributed by atoms with Gasteiger partial charge < -0.3 is 4.74 Å². The van der Waals surface area contributed by atoms with E-state index < -0.39 is 0 Å². The smallest absolute Gasteiger partial charge is 0.188 e. The third-order valence-corrected chi connectivity index (χ3v) is 4.61. The fraction of sp³-hybridized carbons (Fsp3) is 0.632. The van der Waals surface area contributed by atoms with Crippen LogP contribution in [0, 0.1) is 5.92 Å². The highest BCUT2D eigenvalue weighted by Crippen LogP contribution is 2.29. The van der Waals surface area contributed by atoms with Crippen LogP contribution >= 0.6 is 0 Å². The van der Waals surface area contributed by atoms with Crippen LogP contribution < -0.4 is 0 Å². The standard InChI is InChI=1S/C19H28O2/c1-3-7-15-10-12-17(13-11-15)18(20)14-21-19-9-6-5-8-16(19)4-2/h10-13,16,19H,3-9,14H2,1-2H3.